The highest BCUT2D eigenvalue weighted by molar-refractivity contribution is 6.06. The van der Waals surface area contributed by atoms with Gasteiger partial charge in [-0.1, -0.05) is 0 Å². The number of fused-ring (bicyclic) bond motifs is 1. The van der Waals surface area contributed by atoms with E-state index in [1.165, 1.54) is 18.2 Å². The minimum absolute atomic E-state index is 0.0213. The highest BCUT2D eigenvalue weighted by Gasteiger charge is 2.17. The molecule has 0 heterocycles. The number of phenols is 1. The van der Waals surface area contributed by atoms with Crippen LogP contribution in [0, 0.1) is 30.9 Å². The average Bonchev–Trinajstić information content (AvgIpc) is 2.66. The molecule has 0 atom stereocenters. The van der Waals surface area contributed by atoms with E-state index in [1.54, 1.807) is 14.0 Å². The molecule has 3 aromatic carbocycles. The smallest absolute Gasteiger partial charge is 0.269 e. The summed E-state index contributed by atoms with van der Waals surface area (Å²) in [7, 11) is 1.54. The maximum atomic E-state index is 10.9. The number of benzene rings is 3. The lowest BCUT2D eigenvalue weighted by atomic mass is 9.98. The lowest BCUT2D eigenvalue weighted by Gasteiger charge is -2.13. The summed E-state index contributed by atoms with van der Waals surface area (Å²) >= 11 is 0. The normalized spacial score (nSPS) is 11.7. The topological polar surface area (TPSA) is 139 Å². The summed E-state index contributed by atoms with van der Waals surface area (Å²) in [5.41, 5.74) is 9.91. The third-order valence-corrected chi connectivity index (χ3v) is 4.64. The molecule has 3 aromatic rings. The molecule has 0 bridgehead atoms. The lowest BCUT2D eigenvalue weighted by Crippen LogP contribution is -1.92. The number of aromatic hydroxyl groups is 1. The number of aryl methyl sites for hydroxylation is 3. The van der Waals surface area contributed by atoms with Crippen molar-refractivity contribution in [1.29, 1.82) is 0 Å². The van der Waals surface area contributed by atoms with Crippen LogP contribution >= 0.6 is 0 Å². The molecule has 0 saturated heterocycles. The molecule has 3 rings (SSSR count). The van der Waals surface area contributed by atoms with Crippen molar-refractivity contribution in [2.45, 2.75) is 20.8 Å². The van der Waals surface area contributed by atoms with Crippen molar-refractivity contribution in [3.8, 4) is 5.75 Å². The predicted molar refractivity (Wildman–Crippen MR) is 112 cm³/mol. The van der Waals surface area contributed by atoms with Gasteiger partial charge in [-0.05, 0) is 61.0 Å². The summed E-state index contributed by atoms with van der Waals surface area (Å²) in [6.45, 7) is 5.42. The van der Waals surface area contributed by atoms with Gasteiger partial charge in [0.15, 0.2) is 5.75 Å². The Morgan fingerprint density at radius 2 is 1.69 bits per heavy atom. The van der Waals surface area contributed by atoms with E-state index in [0.717, 1.165) is 10.9 Å². The van der Waals surface area contributed by atoms with Crippen LogP contribution in [0.4, 0.5) is 28.4 Å². The second-order valence-corrected chi connectivity index (χ2v) is 6.67. The summed E-state index contributed by atoms with van der Waals surface area (Å²) in [5.74, 6) is -0.0999. The highest BCUT2D eigenvalue weighted by Crippen LogP contribution is 2.45. The number of nitro benzene ring substituents is 1. The number of anilines is 1. The lowest BCUT2D eigenvalue weighted by molar-refractivity contribution is -0.384. The van der Waals surface area contributed by atoms with E-state index in [0.29, 0.717) is 33.6 Å². The molecule has 0 amide bonds. The van der Waals surface area contributed by atoms with Crippen molar-refractivity contribution in [3.05, 3.63) is 57.1 Å². The van der Waals surface area contributed by atoms with E-state index >= 15 is 0 Å². The molecule has 0 unspecified atom stereocenters. The minimum Gasteiger partial charge on any atom is -0.505 e. The predicted octanol–water partition coefficient (Wildman–Crippen LogP) is 6.09. The zero-order valence-electron chi connectivity index (χ0n) is 16.5. The molecule has 9 nitrogen and oxygen atoms in total. The quantitative estimate of drug-likeness (QED) is 0.240. The van der Waals surface area contributed by atoms with Gasteiger partial charge in [-0.2, -0.15) is 15.3 Å². The average molecular weight is 392 g/mol. The summed E-state index contributed by atoms with van der Waals surface area (Å²) < 4.78 is 0. The molecule has 0 aliphatic rings. The summed E-state index contributed by atoms with van der Waals surface area (Å²) in [5, 5.41) is 39.2. The molecule has 0 aromatic heterocycles. The summed E-state index contributed by atoms with van der Waals surface area (Å²) in [6, 6.07) is 7.99. The molecule has 0 saturated carbocycles. The fourth-order valence-electron chi connectivity index (χ4n) is 3.15. The largest absolute Gasteiger partial charge is 0.505 e. The number of phenolic OH excluding ortho intramolecular Hbond substituents is 1. The van der Waals surface area contributed by atoms with Crippen LogP contribution in [0.3, 0.4) is 0 Å². The number of hydrogen-bond donors (Lipinski definition) is 2. The third-order valence-electron chi connectivity index (χ3n) is 4.64. The Balaban J connectivity index is 2.16. The van der Waals surface area contributed by atoms with Crippen molar-refractivity contribution >= 4 is 39.2 Å². The van der Waals surface area contributed by atoms with E-state index in [-0.39, 0.29) is 17.1 Å². The number of nitrogens with two attached hydrogens (primary N) is 1. The van der Waals surface area contributed by atoms with Crippen LogP contribution in [-0.4, -0.2) is 17.1 Å². The maximum Gasteiger partial charge on any atom is 0.269 e. The zero-order valence-corrected chi connectivity index (χ0v) is 16.5. The second-order valence-electron chi connectivity index (χ2n) is 6.67. The van der Waals surface area contributed by atoms with Gasteiger partial charge >= 0.3 is 0 Å². The first kappa shape index (κ1) is 19.9. The van der Waals surface area contributed by atoms with Crippen molar-refractivity contribution in [2.24, 2.45) is 20.5 Å². The molecule has 9 heteroatoms. The maximum absolute atomic E-state index is 10.9. The van der Waals surface area contributed by atoms with Crippen molar-refractivity contribution in [2.75, 3.05) is 12.8 Å². The SMILES string of the molecule is C/N=N/c1cc(C)c2cc(C)c(/N=N/c3ccc([N+](=O)[O-])cc3C)c(O)c2c1N. The first-order chi connectivity index (χ1) is 13.7. The van der Waals surface area contributed by atoms with Crippen molar-refractivity contribution in [3.63, 3.8) is 0 Å². The van der Waals surface area contributed by atoms with E-state index in [2.05, 4.69) is 20.5 Å². The molecule has 0 aliphatic heterocycles. The number of non-ortho nitro benzene ring substituents is 1. The van der Waals surface area contributed by atoms with Gasteiger partial charge in [0, 0.05) is 19.2 Å². The number of rotatable bonds is 4. The number of nitro groups is 1. The first-order valence-electron chi connectivity index (χ1n) is 8.76. The third kappa shape index (κ3) is 3.62. The Morgan fingerprint density at radius 1 is 0.966 bits per heavy atom. The Hall–Kier alpha value is -3.88. The van der Waals surface area contributed by atoms with Gasteiger partial charge in [-0.3, -0.25) is 10.1 Å². The Morgan fingerprint density at radius 3 is 2.31 bits per heavy atom. The molecule has 29 heavy (non-hydrogen) atoms. The Labute approximate surface area is 166 Å². The fourth-order valence-corrected chi connectivity index (χ4v) is 3.15. The van der Waals surface area contributed by atoms with Crippen LogP contribution in [0.5, 0.6) is 5.75 Å². The molecule has 0 spiro atoms. The Bertz CT molecular complexity index is 1200. The number of hydrogen-bond acceptors (Lipinski definition) is 8. The zero-order chi connectivity index (χ0) is 21.3. The molecule has 0 radical (unpaired) electrons. The molecule has 3 N–H and O–H groups in total. The van der Waals surface area contributed by atoms with Gasteiger partial charge < -0.3 is 10.8 Å². The number of nitrogen functional groups attached to an aromatic ring is 1. The van der Waals surface area contributed by atoms with Gasteiger partial charge in [-0.15, -0.1) is 5.11 Å². The number of azo groups is 2. The van der Waals surface area contributed by atoms with Crippen molar-refractivity contribution in [1.82, 2.24) is 0 Å². The van der Waals surface area contributed by atoms with Crippen LogP contribution in [0.25, 0.3) is 10.8 Å². The van der Waals surface area contributed by atoms with Gasteiger partial charge in [-0.25, -0.2) is 0 Å². The first-order valence-corrected chi connectivity index (χ1v) is 8.76. The van der Waals surface area contributed by atoms with E-state index < -0.39 is 4.92 Å². The molecule has 0 aliphatic carbocycles. The van der Waals surface area contributed by atoms with Gasteiger partial charge in [0.25, 0.3) is 5.69 Å². The number of nitrogens with zero attached hydrogens (tertiary/aromatic N) is 5. The highest BCUT2D eigenvalue weighted by atomic mass is 16.6. The van der Waals surface area contributed by atoms with Crippen LogP contribution in [0.2, 0.25) is 0 Å². The second kappa shape index (κ2) is 7.63. The van der Waals surface area contributed by atoms with Gasteiger partial charge in [0.05, 0.1) is 21.7 Å². The van der Waals surface area contributed by atoms with Gasteiger partial charge in [0.2, 0.25) is 0 Å². The van der Waals surface area contributed by atoms with Crippen LogP contribution in [-0.2, 0) is 0 Å². The van der Waals surface area contributed by atoms with Crippen LogP contribution in [0.15, 0.2) is 50.8 Å². The van der Waals surface area contributed by atoms with Crippen molar-refractivity contribution < 1.29 is 10.0 Å². The van der Waals surface area contributed by atoms with E-state index in [1.807, 2.05) is 26.0 Å². The standard InChI is InChI=1S/C20H20N6O3/c1-10-9-16(23-22-4)18(21)17-14(10)8-12(3)19(20(17)27)25-24-15-6-5-13(26(28)29)7-11(15)2/h5-9,27H,21H2,1-4H3/b23-22+,25-24+. The molecular weight excluding hydrogens is 372 g/mol. The van der Waals surface area contributed by atoms with Gasteiger partial charge in [0.1, 0.15) is 11.4 Å². The van der Waals surface area contributed by atoms with Crippen LogP contribution in [0.1, 0.15) is 16.7 Å². The summed E-state index contributed by atoms with van der Waals surface area (Å²) in [4.78, 5) is 10.4. The fraction of sp³-hybridized carbons (Fsp3) is 0.200. The Kier molecular flexibility index (Phi) is 5.22. The minimum atomic E-state index is -0.469. The molecule has 148 valence electrons. The molecule has 0 fully saturated rings. The van der Waals surface area contributed by atoms with E-state index in [9.17, 15) is 15.2 Å². The summed E-state index contributed by atoms with van der Waals surface area (Å²) in [6.07, 6.45) is 0. The van der Waals surface area contributed by atoms with Crippen LogP contribution < -0.4 is 5.73 Å². The van der Waals surface area contributed by atoms with E-state index in [4.69, 9.17) is 5.73 Å². The monoisotopic (exact) mass is 392 g/mol. The molecular formula is C20H20N6O3.